The van der Waals surface area contributed by atoms with Gasteiger partial charge in [-0.15, -0.1) is 0 Å². The van der Waals surface area contributed by atoms with Crippen molar-refractivity contribution in [1.29, 1.82) is 0 Å². The normalized spacial score (nSPS) is 13.9. The second-order valence-corrected chi connectivity index (χ2v) is 8.85. The number of nitrogens with zero attached hydrogens (tertiary/aromatic N) is 1. The number of hydrogen-bond acceptors (Lipinski definition) is 5. The predicted octanol–water partition coefficient (Wildman–Crippen LogP) is 4.84. The Hall–Kier alpha value is -3.35. The summed E-state index contributed by atoms with van der Waals surface area (Å²) in [6, 6.07) is 12.7. The molecule has 4 rings (SSSR count). The van der Waals surface area contributed by atoms with Gasteiger partial charge in [0.15, 0.2) is 11.5 Å². The molecule has 7 heteroatoms. The van der Waals surface area contributed by atoms with Crippen molar-refractivity contribution in [3.05, 3.63) is 59.2 Å². The van der Waals surface area contributed by atoms with Gasteiger partial charge >= 0.3 is 0 Å². The summed E-state index contributed by atoms with van der Waals surface area (Å²) in [5.41, 5.74) is 2.05. The van der Waals surface area contributed by atoms with Gasteiger partial charge in [-0.25, -0.2) is 0 Å². The summed E-state index contributed by atoms with van der Waals surface area (Å²) in [4.78, 5) is 38.1. The fourth-order valence-corrected chi connectivity index (χ4v) is 4.40. The molecule has 2 aliphatic heterocycles. The van der Waals surface area contributed by atoms with E-state index in [0.717, 1.165) is 68.4 Å². The quantitative estimate of drug-likeness (QED) is 0.339. The molecule has 0 radical (unpaired) electrons. The number of carbonyl (C=O) groups is 3. The lowest BCUT2D eigenvalue weighted by Gasteiger charge is -2.13. The van der Waals surface area contributed by atoms with E-state index < -0.39 is 0 Å². The van der Waals surface area contributed by atoms with Crippen LogP contribution in [0.4, 0.5) is 0 Å². The van der Waals surface area contributed by atoms with E-state index in [1.165, 1.54) is 4.90 Å². The first-order valence-electron chi connectivity index (χ1n) is 12.2. The van der Waals surface area contributed by atoms with E-state index in [4.69, 9.17) is 9.47 Å². The van der Waals surface area contributed by atoms with Crippen molar-refractivity contribution < 1.29 is 23.9 Å². The average molecular weight is 465 g/mol. The van der Waals surface area contributed by atoms with Crippen molar-refractivity contribution in [1.82, 2.24) is 10.2 Å². The first-order chi connectivity index (χ1) is 16.6. The summed E-state index contributed by atoms with van der Waals surface area (Å²) >= 11 is 0. The van der Waals surface area contributed by atoms with E-state index in [1.807, 2.05) is 18.2 Å². The van der Waals surface area contributed by atoms with Crippen LogP contribution in [-0.4, -0.2) is 36.0 Å². The zero-order chi connectivity index (χ0) is 23.8. The van der Waals surface area contributed by atoms with E-state index in [-0.39, 0.29) is 24.5 Å². The van der Waals surface area contributed by atoms with Crippen molar-refractivity contribution in [3.63, 3.8) is 0 Å². The van der Waals surface area contributed by atoms with Crippen LogP contribution in [0.5, 0.6) is 11.5 Å². The molecule has 3 amide bonds. The zero-order valence-corrected chi connectivity index (χ0v) is 19.5. The Labute approximate surface area is 200 Å². The van der Waals surface area contributed by atoms with Crippen LogP contribution in [0.2, 0.25) is 0 Å². The third-order valence-electron chi connectivity index (χ3n) is 6.34. The highest BCUT2D eigenvalue weighted by molar-refractivity contribution is 6.21. The van der Waals surface area contributed by atoms with Crippen LogP contribution in [-0.2, 0) is 11.3 Å². The molecule has 0 saturated heterocycles. The molecular formula is C27H32N2O5. The van der Waals surface area contributed by atoms with Gasteiger partial charge in [0.05, 0.1) is 11.1 Å². The lowest BCUT2D eigenvalue weighted by atomic mass is 10.1. The molecular weight excluding hydrogens is 432 g/mol. The largest absolute Gasteiger partial charge is 0.454 e. The Morgan fingerprint density at radius 2 is 1.41 bits per heavy atom. The molecule has 0 aromatic heterocycles. The molecule has 2 aliphatic rings. The number of nitrogens with one attached hydrogen (secondary N) is 1. The SMILES string of the molecule is O=C(CCCCCCCCCCN1C(=O)c2ccccc2C1=O)NCc1ccc2c(c1)OCO2. The summed E-state index contributed by atoms with van der Waals surface area (Å²) < 4.78 is 10.7. The molecule has 34 heavy (non-hydrogen) atoms. The monoisotopic (exact) mass is 464 g/mol. The van der Waals surface area contributed by atoms with E-state index >= 15 is 0 Å². The molecule has 1 N–H and O–H groups in total. The molecule has 0 atom stereocenters. The number of unbranched alkanes of at least 4 members (excludes halogenated alkanes) is 7. The number of benzene rings is 2. The Bertz CT molecular complexity index is 1000. The topological polar surface area (TPSA) is 84.9 Å². The van der Waals surface area contributed by atoms with Crippen molar-refractivity contribution in [2.45, 2.75) is 64.3 Å². The molecule has 0 fully saturated rings. The minimum atomic E-state index is -0.166. The number of amides is 3. The summed E-state index contributed by atoms with van der Waals surface area (Å²) in [5, 5.41) is 2.96. The first kappa shape index (κ1) is 23.8. The highest BCUT2D eigenvalue weighted by Crippen LogP contribution is 2.32. The van der Waals surface area contributed by atoms with Gasteiger partial charge in [-0.3, -0.25) is 19.3 Å². The molecule has 2 aromatic rings. The van der Waals surface area contributed by atoms with Gasteiger partial charge in [0.1, 0.15) is 0 Å². The Morgan fingerprint density at radius 3 is 2.12 bits per heavy atom. The standard InChI is InChI=1S/C27H32N2O5/c30-25(28-18-20-14-15-23-24(17-20)34-19-33-23)13-7-5-3-1-2-4-6-10-16-29-26(31)21-11-8-9-12-22(21)27(29)32/h8-9,11-12,14-15,17H,1-7,10,13,16,18-19H2,(H,28,30). The molecule has 0 aliphatic carbocycles. The fourth-order valence-electron chi connectivity index (χ4n) is 4.40. The van der Waals surface area contributed by atoms with Gasteiger partial charge in [-0.2, -0.15) is 0 Å². The molecule has 0 unspecified atom stereocenters. The van der Waals surface area contributed by atoms with Crippen LogP contribution in [0.3, 0.4) is 0 Å². The predicted molar refractivity (Wildman–Crippen MR) is 128 cm³/mol. The number of imide groups is 1. The van der Waals surface area contributed by atoms with E-state index in [1.54, 1.807) is 24.3 Å². The molecule has 7 nitrogen and oxygen atoms in total. The highest BCUT2D eigenvalue weighted by Gasteiger charge is 2.34. The zero-order valence-electron chi connectivity index (χ0n) is 19.5. The second-order valence-electron chi connectivity index (χ2n) is 8.85. The average Bonchev–Trinajstić information content (AvgIpc) is 3.42. The maximum Gasteiger partial charge on any atom is 0.261 e. The van der Waals surface area contributed by atoms with Gasteiger partial charge in [-0.05, 0) is 42.7 Å². The Balaban J connectivity index is 0.988. The summed E-state index contributed by atoms with van der Waals surface area (Å²) in [6.07, 6.45) is 8.84. The third kappa shape index (κ3) is 5.95. The number of carbonyl (C=O) groups excluding carboxylic acids is 3. The second kappa shape index (κ2) is 11.7. The van der Waals surface area contributed by atoms with Crippen LogP contribution in [0.1, 0.15) is 84.1 Å². The maximum atomic E-state index is 12.3. The molecule has 2 aromatic carbocycles. The molecule has 180 valence electrons. The highest BCUT2D eigenvalue weighted by atomic mass is 16.7. The smallest absolute Gasteiger partial charge is 0.261 e. The van der Waals surface area contributed by atoms with Crippen molar-refractivity contribution >= 4 is 17.7 Å². The summed E-state index contributed by atoms with van der Waals surface area (Å²) in [5.74, 6) is 1.22. The van der Waals surface area contributed by atoms with E-state index in [2.05, 4.69) is 5.32 Å². The van der Waals surface area contributed by atoms with Crippen LogP contribution in [0.15, 0.2) is 42.5 Å². The number of hydrogen-bond donors (Lipinski definition) is 1. The van der Waals surface area contributed by atoms with Gasteiger partial charge in [0.25, 0.3) is 11.8 Å². The fraction of sp³-hybridized carbons (Fsp3) is 0.444. The Kier molecular flexibility index (Phi) is 8.17. The lowest BCUT2D eigenvalue weighted by Crippen LogP contribution is -2.30. The molecule has 0 bridgehead atoms. The van der Waals surface area contributed by atoms with Gasteiger partial charge in [-0.1, -0.05) is 56.7 Å². The van der Waals surface area contributed by atoms with Crippen LogP contribution < -0.4 is 14.8 Å². The molecule has 0 saturated carbocycles. The molecule has 2 heterocycles. The summed E-state index contributed by atoms with van der Waals surface area (Å²) in [7, 11) is 0. The molecule has 0 spiro atoms. The summed E-state index contributed by atoms with van der Waals surface area (Å²) in [6.45, 7) is 1.24. The van der Waals surface area contributed by atoms with Gasteiger partial charge in [0, 0.05) is 19.5 Å². The first-order valence-corrected chi connectivity index (χ1v) is 12.2. The lowest BCUT2D eigenvalue weighted by molar-refractivity contribution is -0.121. The van der Waals surface area contributed by atoms with Crippen LogP contribution in [0.25, 0.3) is 0 Å². The van der Waals surface area contributed by atoms with E-state index in [0.29, 0.717) is 30.6 Å². The van der Waals surface area contributed by atoms with Crippen molar-refractivity contribution in [3.8, 4) is 11.5 Å². The Morgan fingerprint density at radius 1 is 0.794 bits per heavy atom. The minimum absolute atomic E-state index is 0.0748. The van der Waals surface area contributed by atoms with Gasteiger partial charge in [0.2, 0.25) is 12.7 Å². The van der Waals surface area contributed by atoms with Crippen LogP contribution in [0, 0.1) is 0 Å². The van der Waals surface area contributed by atoms with Crippen LogP contribution >= 0.6 is 0 Å². The number of ether oxygens (including phenoxy) is 2. The van der Waals surface area contributed by atoms with Crippen molar-refractivity contribution in [2.24, 2.45) is 0 Å². The van der Waals surface area contributed by atoms with Gasteiger partial charge < -0.3 is 14.8 Å². The maximum absolute atomic E-state index is 12.3. The van der Waals surface area contributed by atoms with E-state index in [9.17, 15) is 14.4 Å². The minimum Gasteiger partial charge on any atom is -0.454 e. The van der Waals surface area contributed by atoms with Crippen molar-refractivity contribution in [2.75, 3.05) is 13.3 Å². The number of rotatable bonds is 13. The third-order valence-corrected chi connectivity index (χ3v) is 6.34. The number of fused-ring (bicyclic) bond motifs is 2.